The van der Waals surface area contributed by atoms with Gasteiger partial charge in [0.1, 0.15) is 0 Å². The zero-order chi connectivity index (χ0) is 14.7. The number of hydrogen-bond acceptors (Lipinski definition) is 2. The highest BCUT2D eigenvalue weighted by molar-refractivity contribution is 5.30. The predicted octanol–water partition coefficient (Wildman–Crippen LogP) is 3.25. The van der Waals surface area contributed by atoms with Gasteiger partial charge in [0.2, 0.25) is 0 Å². The van der Waals surface area contributed by atoms with E-state index in [0.717, 1.165) is 12.0 Å². The largest absolute Gasteiger partial charge is 0.314 e. The summed E-state index contributed by atoms with van der Waals surface area (Å²) in [5.41, 5.74) is 3.18. The van der Waals surface area contributed by atoms with Crippen LogP contribution in [0.3, 0.4) is 0 Å². The second-order valence-electron chi connectivity index (χ2n) is 7.23. The van der Waals surface area contributed by atoms with E-state index in [4.69, 9.17) is 0 Å². The van der Waals surface area contributed by atoms with E-state index in [0.29, 0.717) is 6.04 Å². The lowest BCUT2D eigenvalue weighted by atomic mass is 9.86. The van der Waals surface area contributed by atoms with Crippen LogP contribution in [0.2, 0.25) is 0 Å². The number of benzene rings is 1. The van der Waals surface area contributed by atoms with Crippen LogP contribution in [0.15, 0.2) is 24.3 Å². The van der Waals surface area contributed by atoms with Crippen LogP contribution in [0, 0.1) is 5.92 Å². The average Bonchev–Trinajstić information content (AvgIpc) is 2.53. The third kappa shape index (κ3) is 3.87. The van der Waals surface area contributed by atoms with E-state index in [9.17, 15) is 0 Å². The Morgan fingerprint density at radius 3 is 2.81 bits per heavy atom. The van der Waals surface area contributed by atoms with Crippen LogP contribution >= 0.6 is 0 Å². The molecule has 1 fully saturated rings. The SMILES string of the molecule is CC(C)NCC1CCCN(C2CCc3ccccc3C2)C1. The van der Waals surface area contributed by atoms with Crippen molar-refractivity contribution in [2.24, 2.45) is 5.92 Å². The summed E-state index contributed by atoms with van der Waals surface area (Å²) in [7, 11) is 0. The van der Waals surface area contributed by atoms with Crippen molar-refractivity contribution in [3.8, 4) is 0 Å². The number of nitrogens with one attached hydrogen (secondary N) is 1. The zero-order valence-corrected chi connectivity index (χ0v) is 13.6. The molecule has 116 valence electrons. The van der Waals surface area contributed by atoms with Gasteiger partial charge >= 0.3 is 0 Å². The molecule has 2 unspecified atom stereocenters. The molecule has 3 rings (SSSR count). The molecule has 2 aliphatic rings. The quantitative estimate of drug-likeness (QED) is 0.914. The molecular weight excluding hydrogens is 256 g/mol. The fraction of sp³-hybridized carbons (Fsp3) is 0.684. The Labute approximate surface area is 129 Å². The third-order valence-corrected chi connectivity index (χ3v) is 5.20. The minimum atomic E-state index is 0.613. The predicted molar refractivity (Wildman–Crippen MR) is 89.7 cm³/mol. The van der Waals surface area contributed by atoms with Gasteiger partial charge in [0.05, 0.1) is 0 Å². The van der Waals surface area contributed by atoms with Crippen LogP contribution in [-0.2, 0) is 12.8 Å². The van der Waals surface area contributed by atoms with E-state index in [1.54, 1.807) is 11.1 Å². The number of piperidine rings is 1. The first-order chi connectivity index (χ1) is 10.2. The van der Waals surface area contributed by atoms with E-state index < -0.39 is 0 Å². The summed E-state index contributed by atoms with van der Waals surface area (Å²) in [6.07, 6.45) is 6.66. The molecule has 1 aromatic rings. The summed E-state index contributed by atoms with van der Waals surface area (Å²) < 4.78 is 0. The molecule has 0 aromatic heterocycles. The van der Waals surface area contributed by atoms with E-state index in [1.807, 2.05) is 0 Å². The Balaban J connectivity index is 1.57. The smallest absolute Gasteiger partial charge is 0.0139 e. The lowest BCUT2D eigenvalue weighted by Crippen LogP contribution is -2.47. The Kier molecular flexibility index (Phi) is 4.97. The minimum Gasteiger partial charge on any atom is -0.314 e. The normalized spacial score (nSPS) is 26.8. The number of hydrogen-bond donors (Lipinski definition) is 1. The van der Waals surface area contributed by atoms with Crippen molar-refractivity contribution < 1.29 is 0 Å². The number of nitrogens with zero attached hydrogens (tertiary/aromatic N) is 1. The van der Waals surface area contributed by atoms with E-state index in [-0.39, 0.29) is 0 Å². The summed E-state index contributed by atoms with van der Waals surface area (Å²) in [6, 6.07) is 10.4. The molecule has 0 bridgehead atoms. The van der Waals surface area contributed by atoms with E-state index in [1.165, 1.54) is 51.7 Å². The highest BCUT2D eigenvalue weighted by atomic mass is 15.2. The molecular formula is C19H30N2. The monoisotopic (exact) mass is 286 g/mol. The van der Waals surface area contributed by atoms with Gasteiger partial charge in [-0.3, -0.25) is 4.90 Å². The summed E-state index contributed by atoms with van der Waals surface area (Å²) in [6.45, 7) is 8.30. The minimum absolute atomic E-state index is 0.613. The Morgan fingerprint density at radius 1 is 1.19 bits per heavy atom. The summed E-state index contributed by atoms with van der Waals surface area (Å²) in [5.74, 6) is 0.846. The highest BCUT2D eigenvalue weighted by Crippen LogP contribution is 2.27. The van der Waals surface area contributed by atoms with Crippen molar-refractivity contribution in [1.82, 2.24) is 10.2 Å². The van der Waals surface area contributed by atoms with Gasteiger partial charge in [0.15, 0.2) is 0 Å². The van der Waals surface area contributed by atoms with Crippen molar-refractivity contribution in [2.75, 3.05) is 19.6 Å². The topological polar surface area (TPSA) is 15.3 Å². The van der Waals surface area contributed by atoms with Crippen LogP contribution < -0.4 is 5.32 Å². The molecule has 21 heavy (non-hydrogen) atoms. The van der Waals surface area contributed by atoms with Gasteiger partial charge in [-0.2, -0.15) is 0 Å². The summed E-state index contributed by atoms with van der Waals surface area (Å²) in [5, 5.41) is 3.63. The summed E-state index contributed by atoms with van der Waals surface area (Å²) >= 11 is 0. The second kappa shape index (κ2) is 6.93. The van der Waals surface area contributed by atoms with Crippen LogP contribution in [-0.4, -0.2) is 36.6 Å². The Morgan fingerprint density at radius 2 is 2.00 bits per heavy atom. The van der Waals surface area contributed by atoms with Gasteiger partial charge in [0, 0.05) is 18.6 Å². The molecule has 0 amide bonds. The lowest BCUT2D eigenvalue weighted by molar-refractivity contribution is 0.111. The number of fused-ring (bicyclic) bond motifs is 1. The average molecular weight is 286 g/mol. The molecule has 1 aliphatic heterocycles. The molecule has 1 N–H and O–H groups in total. The van der Waals surface area contributed by atoms with Crippen molar-refractivity contribution in [2.45, 2.75) is 58.0 Å². The van der Waals surface area contributed by atoms with E-state index in [2.05, 4.69) is 48.3 Å². The number of rotatable bonds is 4. The van der Waals surface area contributed by atoms with Crippen LogP contribution in [0.25, 0.3) is 0 Å². The maximum Gasteiger partial charge on any atom is 0.0139 e. The van der Waals surface area contributed by atoms with Gasteiger partial charge in [0.25, 0.3) is 0 Å². The highest BCUT2D eigenvalue weighted by Gasteiger charge is 2.28. The van der Waals surface area contributed by atoms with Gasteiger partial charge in [-0.15, -0.1) is 0 Å². The number of aryl methyl sites for hydroxylation is 1. The zero-order valence-electron chi connectivity index (χ0n) is 13.6. The summed E-state index contributed by atoms with van der Waals surface area (Å²) in [4.78, 5) is 2.78. The molecule has 1 saturated heterocycles. The van der Waals surface area contributed by atoms with Crippen molar-refractivity contribution in [3.05, 3.63) is 35.4 Å². The van der Waals surface area contributed by atoms with Gasteiger partial charge < -0.3 is 5.32 Å². The Bertz CT molecular complexity index is 455. The fourth-order valence-corrected chi connectivity index (χ4v) is 3.99. The first-order valence-electron chi connectivity index (χ1n) is 8.76. The molecule has 2 nitrogen and oxygen atoms in total. The molecule has 1 heterocycles. The Hall–Kier alpha value is -0.860. The molecule has 0 saturated carbocycles. The number of likely N-dealkylation sites (tertiary alicyclic amines) is 1. The molecule has 0 spiro atoms. The van der Waals surface area contributed by atoms with Crippen LogP contribution in [0.5, 0.6) is 0 Å². The maximum atomic E-state index is 3.63. The van der Waals surface area contributed by atoms with Crippen LogP contribution in [0.1, 0.15) is 44.2 Å². The first-order valence-corrected chi connectivity index (χ1v) is 8.76. The molecule has 1 aliphatic carbocycles. The molecule has 2 atom stereocenters. The second-order valence-corrected chi connectivity index (χ2v) is 7.23. The van der Waals surface area contributed by atoms with E-state index >= 15 is 0 Å². The molecule has 2 heteroatoms. The van der Waals surface area contributed by atoms with Crippen LogP contribution in [0.4, 0.5) is 0 Å². The van der Waals surface area contributed by atoms with Crippen molar-refractivity contribution in [3.63, 3.8) is 0 Å². The fourth-order valence-electron chi connectivity index (χ4n) is 3.99. The standard InChI is InChI=1S/C19H30N2/c1-15(2)20-13-16-6-5-11-21(14-16)19-10-9-17-7-3-4-8-18(17)12-19/h3-4,7-8,15-16,19-20H,5-6,9-14H2,1-2H3. The van der Waals surface area contributed by atoms with Crippen molar-refractivity contribution in [1.29, 1.82) is 0 Å². The van der Waals surface area contributed by atoms with Gasteiger partial charge in [-0.25, -0.2) is 0 Å². The first kappa shape index (κ1) is 15.1. The lowest BCUT2D eigenvalue weighted by Gasteiger charge is -2.40. The third-order valence-electron chi connectivity index (χ3n) is 5.20. The van der Waals surface area contributed by atoms with Crippen molar-refractivity contribution >= 4 is 0 Å². The van der Waals surface area contributed by atoms with Gasteiger partial charge in [-0.05, 0) is 62.2 Å². The van der Waals surface area contributed by atoms with Gasteiger partial charge in [-0.1, -0.05) is 38.1 Å². The maximum absolute atomic E-state index is 3.63. The molecule has 0 radical (unpaired) electrons. The molecule has 1 aromatic carbocycles.